The van der Waals surface area contributed by atoms with Crippen molar-refractivity contribution in [3.05, 3.63) is 0 Å². The molecule has 1 rings (SSSR count). The van der Waals surface area contributed by atoms with Crippen molar-refractivity contribution in [1.29, 1.82) is 0 Å². The molecule has 2 atom stereocenters. The van der Waals surface area contributed by atoms with Gasteiger partial charge in [0, 0.05) is 18.6 Å². The monoisotopic (exact) mass is 155 g/mol. The molecular formula is C10H21N. The van der Waals surface area contributed by atoms with Gasteiger partial charge in [0.1, 0.15) is 0 Å². The zero-order valence-electron chi connectivity index (χ0n) is 8.52. The summed E-state index contributed by atoms with van der Waals surface area (Å²) in [5, 5.41) is 0. The molecular weight excluding hydrogens is 134 g/mol. The molecule has 0 aromatic rings. The van der Waals surface area contributed by atoms with Crippen LogP contribution in [0.2, 0.25) is 0 Å². The molecule has 0 aromatic heterocycles. The maximum Gasteiger partial charge on any atom is 0.0125 e. The van der Waals surface area contributed by atoms with Gasteiger partial charge in [-0.1, -0.05) is 13.8 Å². The molecule has 0 bridgehead atoms. The Kier molecular flexibility index (Phi) is 2.29. The van der Waals surface area contributed by atoms with Crippen LogP contribution in [0.4, 0.5) is 0 Å². The molecule has 0 N–H and O–H groups in total. The van der Waals surface area contributed by atoms with Crippen molar-refractivity contribution in [1.82, 2.24) is 4.90 Å². The summed E-state index contributed by atoms with van der Waals surface area (Å²) >= 11 is 0. The summed E-state index contributed by atoms with van der Waals surface area (Å²) < 4.78 is 0. The second-order valence-corrected chi connectivity index (χ2v) is 5.03. The van der Waals surface area contributed by atoms with E-state index in [4.69, 9.17) is 0 Å². The number of hydrogen-bond donors (Lipinski definition) is 0. The minimum atomic E-state index is 0.374. The fourth-order valence-corrected chi connectivity index (χ4v) is 1.68. The summed E-state index contributed by atoms with van der Waals surface area (Å²) in [6.07, 6.45) is 0. The highest BCUT2D eigenvalue weighted by Crippen LogP contribution is 2.27. The van der Waals surface area contributed by atoms with E-state index in [1.54, 1.807) is 0 Å². The molecule has 0 spiro atoms. The number of hydrogen-bond acceptors (Lipinski definition) is 1. The van der Waals surface area contributed by atoms with Crippen LogP contribution in [0.15, 0.2) is 0 Å². The summed E-state index contributed by atoms with van der Waals surface area (Å²) in [5.41, 5.74) is 0.374. The lowest BCUT2D eigenvalue weighted by Crippen LogP contribution is -2.39. The second-order valence-electron chi connectivity index (χ2n) is 5.03. The Labute approximate surface area is 70.8 Å². The van der Waals surface area contributed by atoms with Crippen LogP contribution in [0.5, 0.6) is 0 Å². The third-order valence-electron chi connectivity index (χ3n) is 2.94. The van der Waals surface area contributed by atoms with Crippen molar-refractivity contribution < 1.29 is 0 Å². The molecule has 1 aliphatic rings. The summed E-state index contributed by atoms with van der Waals surface area (Å²) in [6.45, 7) is 14.2. The van der Waals surface area contributed by atoms with Gasteiger partial charge in [-0.2, -0.15) is 0 Å². The maximum absolute atomic E-state index is 2.59. The molecule has 11 heavy (non-hydrogen) atoms. The van der Waals surface area contributed by atoms with E-state index >= 15 is 0 Å². The normalized spacial score (nSPS) is 34.6. The third kappa shape index (κ3) is 1.96. The van der Waals surface area contributed by atoms with Crippen LogP contribution in [0.1, 0.15) is 34.6 Å². The Morgan fingerprint density at radius 2 is 1.36 bits per heavy atom. The lowest BCUT2D eigenvalue weighted by molar-refractivity contribution is 0.166. The predicted molar refractivity (Wildman–Crippen MR) is 49.7 cm³/mol. The van der Waals surface area contributed by atoms with Gasteiger partial charge >= 0.3 is 0 Å². The minimum Gasteiger partial charge on any atom is -0.298 e. The zero-order valence-corrected chi connectivity index (χ0v) is 8.52. The average molecular weight is 155 g/mol. The molecule has 1 heteroatoms. The first-order chi connectivity index (χ1) is 4.91. The van der Waals surface area contributed by atoms with Crippen molar-refractivity contribution in [2.24, 2.45) is 11.8 Å². The van der Waals surface area contributed by atoms with Crippen molar-refractivity contribution in [3.8, 4) is 0 Å². The molecule has 0 aromatic carbocycles. The van der Waals surface area contributed by atoms with Gasteiger partial charge < -0.3 is 0 Å². The van der Waals surface area contributed by atoms with Crippen molar-refractivity contribution in [3.63, 3.8) is 0 Å². The lowest BCUT2D eigenvalue weighted by Gasteiger charge is -2.31. The predicted octanol–water partition coefficient (Wildman–Crippen LogP) is 2.37. The van der Waals surface area contributed by atoms with Gasteiger partial charge in [0.2, 0.25) is 0 Å². The van der Waals surface area contributed by atoms with Crippen LogP contribution in [0, 0.1) is 11.8 Å². The van der Waals surface area contributed by atoms with E-state index in [2.05, 4.69) is 39.5 Å². The molecule has 1 nitrogen and oxygen atoms in total. The highest BCUT2D eigenvalue weighted by Gasteiger charge is 2.32. The molecule has 0 amide bonds. The summed E-state index contributed by atoms with van der Waals surface area (Å²) in [7, 11) is 0. The van der Waals surface area contributed by atoms with E-state index in [9.17, 15) is 0 Å². The van der Waals surface area contributed by atoms with Gasteiger partial charge in [-0.3, -0.25) is 4.90 Å². The van der Waals surface area contributed by atoms with E-state index in [-0.39, 0.29) is 0 Å². The number of rotatable bonds is 0. The van der Waals surface area contributed by atoms with Gasteiger partial charge in [-0.15, -0.1) is 0 Å². The Bertz CT molecular complexity index is 124. The van der Waals surface area contributed by atoms with Crippen LogP contribution in [-0.2, 0) is 0 Å². The molecule has 0 aliphatic carbocycles. The Morgan fingerprint density at radius 3 is 1.55 bits per heavy atom. The topological polar surface area (TPSA) is 3.24 Å². The lowest BCUT2D eigenvalue weighted by atomic mass is 10.0. The van der Waals surface area contributed by atoms with Crippen LogP contribution < -0.4 is 0 Å². The standard InChI is InChI=1S/C10H21N/c1-8-6-11(7-9(8)2)10(3,4)5/h8-9H,6-7H2,1-5H3/t8-,9-/m1/s1. The van der Waals surface area contributed by atoms with Crippen molar-refractivity contribution >= 4 is 0 Å². The Balaban J connectivity index is 2.54. The first-order valence-corrected chi connectivity index (χ1v) is 4.66. The van der Waals surface area contributed by atoms with Gasteiger partial charge in [0.15, 0.2) is 0 Å². The fourth-order valence-electron chi connectivity index (χ4n) is 1.68. The summed E-state index contributed by atoms with van der Waals surface area (Å²) in [5.74, 6) is 1.77. The van der Waals surface area contributed by atoms with Crippen LogP contribution >= 0.6 is 0 Å². The van der Waals surface area contributed by atoms with E-state index in [1.165, 1.54) is 13.1 Å². The Hall–Kier alpha value is -0.0400. The SMILES string of the molecule is C[C@@H]1CN(C(C)(C)C)C[C@H]1C. The second kappa shape index (κ2) is 2.78. The molecule has 1 saturated heterocycles. The molecule has 0 saturated carbocycles. The van der Waals surface area contributed by atoms with Crippen LogP contribution in [0.25, 0.3) is 0 Å². The molecule has 1 heterocycles. The summed E-state index contributed by atoms with van der Waals surface area (Å²) in [6, 6.07) is 0. The van der Waals surface area contributed by atoms with Gasteiger partial charge in [-0.05, 0) is 32.6 Å². The number of nitrogens with zero attached hydrogens (tertiary/aromatic N) is 1. The highest BCUT2D eigenvalue weighted by atomic mass is 15.2. The van der Waals surface area contributed by atoms with E-state index in [0.29, 0.717) is 5.54 Å². The quantitative estimate of drug-likeness (QED) is 0.519. The van der Waals surface area contributed by atoms with E-state index in [1.807, 2.05) is 0 Å². The molecule has 1 fully saturated rings. The van der Waals surface area contributed by atoms with Gasteiger partial charge in [0.05, 0.1) is 0 Å². The van der Waals surface area contributed by atoms with E-state index < -0.39 is 0 Å². The van der Waals surface area contributed by atoms with Crippen molar-refractivity contribution in [2.75, 3.05) is 13.1 Å². The minimum absolute atomic E-state index is 0.374. The number of likely N-dealkylation sites (tertiary alicyclic amines) is 1. The third-order valence-corrected chi connectivity index (χ3v) is 2.94. The zero-order chi connectivity index (χ0) is 8.65. The van der Waals surface area contributed by atoms with Crippen LogP contribution in [-0.4, -0.2) is 23.5 Å². The smallest absolute Gasteiger partial charge is 0.0125 e. The van der Waals surface area contributed by atoms with Crippen LogP contribution in [0.3, 0.4) is 0 Å². The van der Waals surface area contributed by atoms with Gasteiger partial charge in [-0.25, -0.2) is 0 Å². The molecule has 66 valence electrons. The fraction of sp³-hybridized carbons (Fsp3) is 1.00. The largest absolute Gasteiger partial charge is 0.298 e. The molecule has 0 radical (unpaired) electrons. The summed E-state index contributed by atoms with van der Waals surface area (Å²) in [4.78, 5) is 2.59. The Morgan fingerprint density at radius 1 is 1.00 bits per heavy atom. The van der Waals surface area contributed by atoms with Crippen molar-refractivity contribution in [2.45, 2.75) is 40.2 Å². The highest BCUT2D eigenvalue weighted by molar-refractivity contribution is 4.86. The first kappa shape index (κ1) is 9.05. The van der Waals surface area contributed by atoms with E-state index in [0.717, 1.165) is 11.8 Å². The molecule has 1 aliphatic heterocycles. The average Bonchev–Trinajstić information content (AvgIpc) is 2.11. The van der Waals surface area contributed by atoms with Gasteiger partial charge in [0.25, 0.3) is 0 Å². The molecule has 0 unspecified atom stereocenters. The maximum atomic E-state index is 2.59. The first-order valence-electron chi connectivity index (χ1n) is 4.66.